The number of ether oxygens (including phenoxy) is 1. The minimum atomic E-state index is -4.32. The molecule has 7 nitrogen and oxygen atoms in total. The maximum absolute atomic E-state index is 14.2. The van der Waals surface area contributed by atoms with Gasteiger partial charge in [-0.2, -0.15) is 21.6 Å². The molecule has 1 aliphatic rings. The molecule has 1 fully saturated rings. The van der Waals surface area contributed by atoms with Crippen molar-refractivity contribution in [3.63, 3.8) is 0 Å². The summed E-state index contributed by atoms with van der Waals surface area (Å²) >= 11 is 0. The molecule has 1 aromatic heterocycles. The first kappa shape index (κ1) is 27.4. The standard InChI is InChI=1S/C26H24F4N2O5S/c1-37-23-13-20(25(33)34)21(27)14-22(23)32-38(35,36)24-12-18(10-11-31-24)17-4-2-15(3-5-17)16-6-8-19(9-7-16)26(28,29)30/h2-5,10-14,16,19,32H,6-9H2,1H3,(H,33,34). The third-order valence-corrected chi connectivity index (χ3v) is 7.94. The SMILES string of the molecule is COc1cc(C(=O)O)c(F)cc1NS(=O)(=O)c1cc(-c2ccc(C3CCC(C(F)(F)F)CC3)cc2)ccn1. The van der Waals surface area contributed by atoms with Crippen molar-refractivity contribution in [3.8, 4) is 16.9 Å². The molecule has 0 saturated heterocycles. The summed E-state index contributed by atoms with van der Waals surface area (Å²) in [7, 11) is -3.13. The number of rotatable bonds is 7. The molecule has 1 saturated carbocycles. The van der Waals surface area contributed by atoms with E-state index in [4.69, 9.17) is 9.84 Å². The van der Waals surface area contributed by atoms with Gasteiger partial charge in [-0.1, -0.05) is 24.3 Å². The molecular formula is C26H24F4N2O5S. The normalized spacial score (nSPS) is 18.1. The predicted octanol–water partition coefficient (Wildman–Crippen LogP) is 6.23. The molecule has 0 aliphatic heterocycles. The molecule has 4 rings (SSSR count). The Labute approximate surface area is 216 Å². The lowest BCUT2D eigenvalue weighted by atomic mass is 9.78. The number of anilines is 1. The summed E-state index contributed by atoms with van der Waals surface area (Å²) in [5.74, 6) is -4.10. The van der Waals surface area contributed by atoms with Crippen LogP contribution in [0.2, 0.25) is 0 Å². The van der Waals surface area contributed by atoms with Crippen LogP contribution in [-0.2, 0) is 10.0 Å². The van der Waals surface area contributed by atoms with Gasteiger partial charge in [0.1, 0.15) is 11.6 Å². The molecule has 1 heterocycles. The molecule has 1 aliphatic carbocycles. The number of sulfonamides is 1. The van der Waals surface area contributed by atoms with Gasteiger partial charge in [0, 0.05) is 12.3 Å². The van der Waals surface area contributed by atoms with Gasteiger partial charge in [0.15, 0.2) is 5.03 Å². The molecule has 38 heavy (non-hydrogen) atoms. The Hall–Kier alpha value is -3.67. The van der Waals surface area contributed by atoms with Gasteiger partial charge in [-0.3, -0.25) is 4.72 Å². The van der Waals surface area contributed by atoms with Crippen LogP contribution in [0.5, 0.6) is 5.75 Å². The highest BCUT2D eigenvalue weighted by Crippen LogP contribution is 2.43. The van der Waals surface area contributed by atoms with Crippen molar-refractivity contribution >= 4 is 21.7 Å². The smallest absolute Gasteiger partial charge is 0.391 e. The summed E-state index contributed by atoms with van der Waals surface area (Å²) in [6.07, 6.45) is -1.77. The second-order valence-corrected chi connectivity index (χ2v) is 10.7. The fraction of sp³-hybridized carbons (Fsp3) is 0.308. The van der Waals surface area contributed by atoms with Crippen LogP contribution in [0.25, 0.3) is 11.1 Å². The Bertz CT molecular complexity index is 1430. The lowest BCUT2D eigenvalue weighted by Gasteiger charge is -2.30. The summed E-state index contributed by atoms with van der Waals surface area (Å²) in [5.41, 5.74) is 1.14. The molecule has 12 heteroatoms. The first-order valence-corrected chi connectivity index (χ1v) is 13.1. The lowest BCUT2D eigenvalue weighted by molar-refractivity contribution is -0.182. The largest absolute Gasteiger partial charge is 0.495 e. The van der Waals surface area contributed by atoms with Crippen LogP contribution in [0.1, 0.15) is 47.5 Å². The van der Waals surface area contributed by atoms with Crippen molar-refractivity contribution in [1.29, 1.82) is 0 Å². The summed E-state index contributed by atoms with van der Waals surface area (Å²) in [5, 5.41) is 8.71. The number of alkyl halides is 3. The van der Waals surface area contributed by atoms with E-state index in [1.807, 2.05) is 12.1 Å². The molecule has 0 atom stereocenters. The lowest BCUT2D eigenvalue weighted by Crippen LogP contribution is -2.27. The van der Waals surface area contributed by atoms with Crippen molar-refractivity contribution in [2.75, 3.05) is 11.8 Å². The number of nitrogens with zero attached hydrogens (tertiary/aromatic N) is 1. The highest BCUT2D eigenvalue weighted by molar-refractivity contribution is 7.92. The van der Waals surface area contributed by atoms with Gasteiger partial charge >= 0.3 is 12.1 Å². The van der Waals surface area contributed by atoms with Gasteiger partial charge in [0.2, 0.25) is 0 Å². The molecule has 3 aromatic rings. The number of aromatic carboxylic acids is 1. The zero-order chi connectivity index (χ0) is 27.7. The van der Waals surface area contributed by atoms with Gasteiger partial charge in [0.25, 0.3) is 10.0 Å². The number of nitrogens with one attached hydrogen (secondary N) is 1. The molecule has 2 aromatic carbocycles. The van der Waals surface area contributed by atoms with Crippen LogP contribution in [0, 0.1) is 11.7 Å². The summed E-state index contributed by atoms with van der Waals surface area (Å²) in [4.78, 5) is 15.1. The number of methoxy groups -OCH3 is 1. The minimum Gasteiger partial charge on any atom is -0.495 e. The molecule has 202 valence electrons. The Morgan fingerprint density at radius 2 is 1.68 bits per heavy atom. The number of halogens is 4. The Balaban J connectivity index is 1.53. The highest BCUT2D eigenvalue weighted by Gasteiger charge is 2.41. The number of carbonyl (C=O) groups is 1. The Kier molecular flexibility index (Phi) is 7.63. The van der Waals surface area contributed by atoms with E-state index < -0.39 is 39.5 Å². The fourth-order valence-electron chi connectivity index (χ4n) is 4.60. The number of hydrogen-bond acceptors (Lipinski definition) is 5. The quantitative estimate of drug-likeness (QED) is 0.337. The van der Waals surface area contributed by atoms with Crippen LogP contribution in [0.3, 0.4) is 0 Å². The summed E-state index contributed by atoms with van der Waals surface area (Å²) in [6.45, 7) is 0. The highest BCUT2D eigenvalue weighted by atomic mass is 32.2. The summed E-state index contributed by atoms with van der Waals surface area (Å²) in [6, 6.07) is 11.7. The van der Waals surface area contributed by atoms with Gasteiger partial charge in [0.05, 0.1) is 24.3 Å². The second-order valence-electron chi connectivity index (χ2n) is 9.04. The number of benzene rings is 2. The molecule has 0 spiro atoms. The van der Waals surface area contributed by atoms with Crippen molar-refractivity contribution in [1.82, 2.24) is 4.98 Å². The first-order valence-electron chi connectivity index (χ1n) is 11.7. The first-order chi connectivity index (χ1) is 17.9. The molecule has 0 radical (unpaired) electrons. The zero-order valence-corrected chi connectivity index (χ0v) is 20.9. The molecule has 0 unspecified atom stereocenters. The van der Waals surface area contributed by atoms with Crippen molar-refractivity contribution in [3.05, 3.63) is 71.7 Å². The van der Waals surface area contributed by atoms with Crippen molar-refractivity contribution in [2.24, 2.45) is 5.92 Å². The average Bonchev–Trinajstić information content (AvgIpc) is 2.88. The van der Waals surface area contributed by atoms with Gasteiger partial charge in [-0.15, -0.1) is 0 Å². The molecular weight excluding hydrogens is 528 g/mol. The maximum Gasteiger partial charge on any atom is 0.391 e. The average molecular weight is 553 g/mol. The second kappa shape index (κ2) is 10.6. The molecule has 0 amide bonds. The van der Waals surface area contributed by atoms with Crippen LogP contribution < -0.4 is 9.46 Å². The zero-order valence-electron chi connectivity index (χ0n) is 20.1. The number of carboxylic acid groups (broad SMARTS) is 1. The van der Waals surface area contributed by atoms with Crippen LogP contribution in [0.4, 0.5) is 23.2 Å². The Morgan fingerprint density at radius 3 is 2.26 bits per heavy atom. The molecule has 0 bridgehead atoms. The van der Waals surface area contributed by atoms with Crippen LogP contribution in [-0.4, -0.2) is 37.8 Å². The number of aromatic nitrogens is 1. The molecule has 2 N–H and O–H groups in total. The van der Waals surface area contributed by atoms with Crippen LogP contribution in [0.15, 0.2) is 59.8 Å². The van der Waals surface area contributed by atoms with E-state index in [9.17, 15) is 30.8 Å². The predicted molar refractivity (Wildman–Crippen MR) is 131 cm³/mol. The minimum absolute atomic E-state index is 0.0307. The van der Waals surface area contributed by atoms with E-state index in [0.717, 1.165) is 11.6 Å². The maximum atomic E-state index is 14.2. The monoisotopic (exact) mass is 552 g/mol. The van der Waals surface area contributed by atoms with Crippen molar-refractivity contribution in [2.45, 2.75) is 42.8 Å². The third kappa shape index (κ3) is 5.90. The van der Waals surface area contributed by atoms with Gasteiger partial charge < -0.3 is 9.84 Å². The number of pyridine rings is 1. The van der Waals surface area contributed by atoms with E-state index >= 15 is 0 Å². The fourth-order valence-corrected chi connectivity index (χ4v) is 5.64. The van der Waals surface area contributed by atoms with Gasteiger partial charge in [-0.25, -0.2) is 14.2 Å². The number of hydrogen-bond donors (Lipinski definition) is 2. The van der Waals surface area contributed by atoms with E-state index in [-0.39, 0.29) is 35.2 Å². The Morgan fingerprint density at radius 1 is 1.03 bits per heavy atom. The topological polar surface area (TPSA) is 106 Å². The van der Waals surface area contributed by atoms with Gasteiger partial charge in [-0.05, 0) is 66.5 Å². The van der Waals surface area contributed by atoms with E-state index in [2.05, 4.69) is 9.71 Å². The van der Waals surface area contributed by atoms with Crippen LogP contribution >= 0.6 is 0 Å². The summed E-state index contributed by atoms with van der Waals surface area (Å²) < 4.78 is 86.2. The van der Waals surface area contributed by atoms with E-state index in [0.29, 0.717) is 30.0 Å². The number of carboxylic acids is 1. The van der Waals surface area contributed by atoms with Crippen molar-refractivity contribution < 1.29 is 40.6 Å². The van der Waals surface area contributed by atoms with E-state index in [1.165, 1.54) is 19.4 Å². The third-order valence-electron chi connectivity index (χ3n) is 6.68. The van der Waals surface area contributed by atoms with E-state index in [1.54, 1.807) is 18.2 Å².